The van der Waals surface area contributed by atoms with Crippen molar-refractivity contribution < 1.29 is 4.79 Å². The lowest BCUT2D eigenvalue weighted by atomic mass is 9.93. The maximum Gasteiger partial charge on any atom is 0.239 e. The molecule has 0 bridgehead atoms. The lowest BCUT2D eigenvalue weighted by molar-refractivity contribution is -0.115. The Hall–Kier alpha value is -2.69. The average Bonchev–Trinajstić information content (AvgIpc) is 2.54. The fourth-order valence-electron chi connectivity index (χ4n) is 3.13. The molecule has 4 aromatic carbocycles. The minimum Gasteiger partial charge on any atom is -0.324 e. The van der Waals surface area contributed by atoms with Crippen LogP contribution >= 0.6 is 0 Å². The van der Waals surface area contributed by atoms with Crippen LogP contribution in [0, 0.1) is 0 Å². The molecule has 0 atom stereocenters. The number of nitrogens with two attached hydrogens (primary N) is 1. The van der Waals surface area contributed by atoms with Gasteiger partial charge in [0.25, 0.3) is 0 Å². The molecule has 4 aromatic rings. The van der Waals surface area contributed by atoms with Crippen LogP contribution in [0.4, 0.5) is 5.69 Å². The molecule has 0 aliphatic rings. The van der Waals surface area contributed by atoms with E-state index >= 15 is 0 Å². The number of hydrogen-bond donors (Lipinski definition) is 3. The molecule has 0 saturated heterocycles. The van der Waals surface area contributed by atoms with E-state index in [1.54, 1.807) is 0 Å². The van der Waals surface area contributed by atoms with Gasteiger partial charge < -0.3 is 5.32 Å². The fraction of sp³-hybridized carbons (Fsp3) is 0.0556. The molecule has 4 N–H and O–H groups in total. The van der Waals surface area contributed by atoms with Crippen LogP contribution in [0.15, 0.2) is 54.6 Å². The molecule has 0 aliphatic carbocycles. The van der Waals surface area contributed by atoms with Crippen LogP contribution in [0.3, 0.4) is 0 Å². The Labute approximate surface area is 127 Å². The molecule has 0 aromatic heterocycles. The highest BCUT2D eigenvalue weighted by atomic mass is 16.2. The molecule has 0 spiro atoms. The molecule has 0 saturated carbocycles. The second kappa shape index (κ2) is 4.94. The summed E-state index contributed by atoms with van der Waals surface area (Å²) in [7, 11) is 0. The van der Waals surface area contributed by atoms with E-state index in [0.29, 0.717) is 0 Å². The highest BCUT2D eigenvalue weighted by Gasteiger charge is 2.11. The van der Waals surface area contributed by atoms with E-state index in [1.165, 1.54) is 26.9 Å². The van der Waals surface area contributed by atoms with Gasteiger partial charge in [0.05, 0.1) is 6.54 Å². The van der Waals surface area contributed by atoms with Gasteiger partial charge in [0.1, 0.15) is 0 Å². The van der Waals surface area contributed by atoms with E-state index in [4.69, 9.17) is 5.84 Å². The summed E-state index contributed by atoms with van der Waals surface area (Å²) in [5, 5.41) is 9.99. The van der Waals surface area contributed by atoms with E-state index in [1.807, 2.05) is 12.1 Å². The number of nitrogens with one attached hydrogen (secondary N) is 2. The SMILES string of the molecule is NNCC(=O)Nc1ccc2ccc3cccc4ccc1c2c34. The number of rotatable bonds is 3. The molecule has 1 amide bonds. The molecule has 0 fully saturated rings. The van der Waals surface area contributed by atoms with E-state index in [-0.39, 0.29) is 12.5 Å². The van der Waals surface area contributed by atoms with Crippen molar-refractivity contribution in [2.75, 3.05) is 11.9 Å². The zero-order valence-corrected chi connectivity index (χ0v) is 11.9. The number of amides is 1. The summed E-state index contributed by atoms with van der Waals surface area (Å²) >= 11 is 0. The van der Waals surface area contributed by atoms with Crippen LogP contribution in [-0.4, -0.2) is 12.5 Å². The van der Waals surface area contributed by atoms with Crippen molar-refractivity contribution in [1.82, 2.24) is 5.43 Å². The first-order valence-electron chi connectivity index (χ1n) is 7.18. The van der Waals surface area contributed by atoms with Crippen molar-refractivity contribution in [2.24, 2.45) is 5.84 Å². The van der Waals surface area contributed by atoms with E-state index in [0.717, 1.165) is 11.1 Å². The van der Waals surface area contributed by atoms with Crippen LogP contribution in [0.1, 0.15) is 0 Å². The quantitative estimate of drug-likeness (QED) is 0.308. The van der Waals surface area contributed by atoms with Gasteiger partial charge in [-0.1, -0.05) is 48.5 Å². The molecule has 0 aliphatic heterocycles. The summed E-state index contributed by atoms with van der Waals surface area (Å²) in [6, 6.07) is 18.7. The lowest BCUT2D eigenvalue weighted by Gasteiger charge is -2.14. The van der Waals surface area contributed by atoms with E-state index in [2.05, 4.69) is 53.2 Å². The molecule has 4 nitrogen and oxygen atoms in total. The van der Waals surface area contributed by atoms with Gasteiger partial charge in [0.2, 0.25) is 5.91 Å². The van der Waals surface area contributed by atoms with Gasteiger partial charge in [0, 0.05) is 11.1 Å². The summed E-state index contributed by atoms with van der Waals surface area (Å²) < 4.78 is 0. The van der Waals surface area contributed by atoms with Crippen LogP contribution in [0.5, 0.6) is 0 Å². The number of carbonyl (C=O) groups is 1. The predicted molar refractivity (Wildman–Crippen MR) is 91.0 cm³/mol. The average molecular weight is 289 g/mol. The van der Waals surface area contributed by atoms with Crippen LogP contribution in [0.2, 0.25) is 0 Å². The molecular weight excluding hydrogens is 274 g/mol. The van der Waals surface area contributed by atoms with Gasteiger partial charge in [0.15, 0.2) is 0 Å². The number of hydrogen-bond acceptors (Lipinski definition) is 3. The summed E-state index contributed by atoms with van der Waals surface area (Å²) in [4.78, 5) is 11.8. The predicted octanol–water partition coefficient (Wildman–Crippen LogP) is 2.99. The van der Waals surface area contributed by atoms with Crippen LogP contribution < -0.4 is 16.6 Å². The molecule has 4 heteroatoms. The van der Waals surface area contributed by atoms with Gasteiger partial charge in [-0.3, -0.25) is 16.1 Å². The molecule has 108 valence electrons. The van der Waals surface area contributed by atoms with Crippen LogP contribution in [-0.2, 0) is 4.79 Å². The second-order valence-electron chi connectivity index (χ2n) is 5.40. The van der Waals surface area contributed by atoms with Gasteiger partial charge in [-0.05, 0) is 33.0 Å². The number of hydrazine groups is 1. The molecule has 22 heavy (non-hydrogen) atoms. The van der Waals surface area contributed by atoms with Crippen molar-refractivity contribution in [1.29, 1.82) is 0 Å². The molecular formula is C18H15N3O. The Morgan fingerprint density at radius 1 is 0.864 bits per heavy atom. The Morgan fingerprint density at radius 3 is 2.23 bits per heavy atom. The van der Waals surface area contributed by atoms with Gasteiger partial charge >= 0.3 is 0 Å². The lowest BCUT2D eigenvalue weighted by Crippen LogP contribution is -2.32. The minimum atomic E-state index is -0.155. The Bertz CT molecular complexity index is 978. The van der Waals surface area contributed by atoms with Crippen LogP contribution in [0.25, 0.3) is 32.3 Å². The third-order valence-corrected chi connectivity index (χ3v) is 4.07. The van der Waals surface area contributed by atoms with Gasteiger partial charge in [-0.25, -0.2) is 0 Å². The summed E-state index contributed by atoms with van der Waals surface area (Å²) in [6.07, 6.45) is 0. The topological polar surface area (TPSA) is 67.1 Å². The zero-order valence-electron chi connectivity index (χ0n) is 11.9. The Kier molecular flexibility index (Phi) is 2.92. The highest BCUT2D eigenvalue weighted by Crippen LogP contribution is 2.37. The van der Waals surface area contributed by atoms with Crippen molar-refractivity contribution in [2.45, 2.75) is 0 Å². The molecule has 0 unspecified atom stereocenters. The highest BCUT2D eigenvalue weighted by molar-refractivity contribution is 6.25. The first-order chi connectivity index (χ1) is 10.8. The molecule has 0 heterocycles. The Balaban J connectivity index is 2.02. The van der Waals surface area contributed by atoms with E-state index < -0.39 is 0 Å². The molecule has 4 rings (SSSR count). The second-order valence-corrected chi connectivity index (χ2v) is 5.40. The Morgan fingerprint density at radius 2 is 1.50 bits per heavy atom. The number of carbonyl (C=O) groups excluding carboxylic acids is 1. The van der Waals surface area contributed by atoms with Crippen molar-refractivity contribution >= 4 is 43.9 Å². The standard InChI is InChI=1S/C18H15N3O/c19-20-10-16(22)21-15-9-7-13-5-4-11-2-1-3-12-6-8-14(15)18(13)17(11)12/h1-9,20H,10,19H2,(H,21,22). The fourth-order valence-corrected chi connectivity index (χ4v) is 3.13. The monoisotopic (exact) mass is 289 g/mol. The molecule has 0 radical (unpaired) electrons. The smallest absolute Gasteiger partial charge is 0.239 e. The van der Waals surface area contributed by atoms with Gasteiger partial charge in [-0.15, -0.1) is 0 Å². The normalized spacial score (nSPS) is 11.5. The third-order valence-electron chi connectivity index (χ3n) is 4.07. The summed E-state index contributed by atoms with van der Waals surface area (Å²) in [5.41, 5.74) is 3.18. The first kappa shape index (κ1) is 13.0. The third kappa shape index (κ3) is 1.89. The zero-order chi connectivity index (χ0) is 15.1. The van der Waals surface area contributed by atoms with Crippen molar-refractivity contribution in [3.63, 3.8) is 0 Å². The summed E-state index contributed by atoms with van der Waals surface area (Å²) in [5.74, 6) is 5.05. The maximum atomic E-state index is 11.8. The van der Waals surface area contributed by atoms with Gasteiger partial charge in [-0.2, -0.15) is 0 Å². The van der Waals surface area contributed by atoms with Crippen molar-refractivity contribution in [3.8, 4) is 0 Å². The summed E-state index contributed by atoms with van der Waals surface area (Å²) in [6.45, 7) is 0.0853. The minimum absolute atomic E-state index is 0.0853. The van der Waals surface area contributed by atoms with E-state index in [9.17, 15) is 4.79 Å². The maximum absolute atomic E-state index is 11.8. The number of benzene rings is 4. The van der Waals surface area contributed by atoms with Crippen molar-refractivity contribution in [3.05, 3.63) is 54.6 Å². The largest absolute Gasteiger partial charge is 0.324 e. The number of anilines is 1. The first-order valence-corrected chi connectivity index (χ1v) is 7.18.